The van der Waals surface area contributed by atoms with Crippen molar-refractivity contribution in [3.8, 4) is 5.75 Å². The van der Waals surface area contributed by atoms with Crippen LogP contribution in [0.4, 0.5) is 5.69 Å². The standard InChI is InChI=1S/C25H33N3O6/c29-23(13-6-1-2-7-14-24(30)28-33)27-20-11-8-12-21(18-20)34-16-15-26-22(25(31)32)17-19-9-4-3-5-10-19/h3-5,8-12,18,22,26,33H,1-2,6-7,13-17H2,(H,27,29)(H,28,30)(H,31,32)/t22-/m0/s1. The number of carboxylic acid groups (broad SMARTS) is 1. The number of carboxylic acids is 1. The lowest BCUT2D eigenvalue weighted by atomic mass is 10.1. The fraction of sp³-hybridized carbons (Fsp3) is 0.400. The van der Waals surface area contributed by atoms with Crippen LogP contribution in [0.1, 0.15) is 44.1 Å². The van der Waals surface area contributed by atoms with Crippen LogP contribution in [0.15, 0.2) is 54.6 Å². The van der Waals surface area contributed by atoms with Gasteiger partial charge in [-0.1, -0.05) is 49.2 Å². The first-order valence-corrected chi connectivity index (χ1v) is 11.4. The first-order chi connectivity index (χ1) is 16.5. The summed E-state index contributed by atoms with van der Waals surface area (Å²) in [5, 5.41) is 23.7. The van der Waals surface area contributed by atoms with Crippen molar-refractivity contribution in [3.63, 3.8) is 0 Å². The van der Waals surface area contributed by atoms with E-state index in [0.717, 1.165) is 18.4 Å². The Hall–Kier alpha value is -3.43. The van der Waals surface area contributed by atoms with Crippen molar-refractivity contribution in [1.29, 1.82) is 0 Å². The fourth-order valence-electron chi connectivity index (χ4n) is 3.37. The highest BCUT2D eigenvalue weighted by molar-refractivity contribution is 5.90. The molecule has 2 rings (SSSR count). The molecule has 0 bridgehead atoms. The van der Waals surface area contributed by atoms with Gasteiger partial charge in [-0.05, 0) is 37.0 Å². The normalized spacial score (nSPS) is 11.4. The van der Waals surface area contributed by atoms with E-state index in [2.05, 4.69) is 10.6 Å². The van der Waals surface area contributed by atoms with Crippen molar-refractivity contribution < 1.29 is 29.4 Å². The number of amides is 2. The summed E-state index contributed by atoms with van der Waals surface area (Å²) in [4.78, 5) is 34.6. The van der Waals surface area contributed by atoms with Gasteiger partial charge in [-0.2, -0.15) is 0 Å². The van der Waals surface area contributed by atoms with Crippen LogP contribution in [0.3, 0.4) is 0 Å². The Morgan fingerprint density at radius 1 is 0.882 bits per heavy atom. The molecule has 0 heterocycles. The highest BCUT2D eigenvalue weighted by Gasteiger charge is 2.17. The zero-order valence-corrected chi connectivity index (χ0v) is 19.2. The van der Waals surface area contributed by atoms with Crippen molar-refractivity contribution in [3.05, 3.63) is 60.2 Å². The maximum absolute atomic E-state index is 12.1. The number of benzene rings is 2. The summed E-state index contributed by atoms with van der Waals surface area (Å²) in [7, 11) is 0. The molecule has 0 spiro atoms. The van der Waals surface area contributed by atoms with Crippen molar-refractivity contribution in [2.45, 2.75) is 51.0 Å². The van der Waals surface area contributed by atoms with Crippen LogP contribution in [0, 0.1) is 0 Å². The molecule has 0 aromatic heterocycles. The van der Waals surface area contributed by atoms with Gasteiger partial charge in [0.1, 0.15) is 18.4 Å². The third-order valence-electron chi connectivity index (χ3n) is 5.14. The Labute approximate surface area is 199 Å². The molecule has 0 saturated carbocycles. The quantitative estimate of drug-likeness (QED) is 0.144. The van der Waals surface area contributed by atoms with Crippen LogP contribution in [0.2, 0.25) is 0 Å². The molecule has 34 heavy (non-hydrogen) atoms. The maximum atomic E-state index is 12.1. The Morgan fingerprint density at radius 3 is 2.26 bits per heavy atom. The molecule has 0 unspecified atom stereocenters. The van der Waals surface area contributed by atoms with E-state index in [1.54, 1.807) is 29.7 Å². The number of hydrogen-bond donors (Lipinski definition) is 5. The minimum Gasteiger partial charge on any atom is -0.492 e. The highest BCUT2D eigenvalue weighted by Crippen LogP contribution is 2.18. The molecule has 1 atom stereocenters. The molecule has 0 radical (unpaired) electrons. The molecule has 2 aromatic rings. The second kappa shape index (κ2) is 15.4. The number of ether oxygens (including phenoxy) is 1. The molecule has 5 N–H and O–H groups in total. The van der Waals surface area contributed by atoms with Crippen LogP contribution >= 0.6 is 0 Å². The monoisotopic (exact) mass is 471 g/mol. The Morgan fingerprint density at radius 2 is 1.59 bits per heavy atom. The molecular weight excluding hydrogens is 438 g/mol. The van der Waals surface area contributed by atoms with Crippen LogP contribution in [0.5, 0.6) is 5.75 Å². The van der Waals surface area contributed by atoms with Crippen LogP contribution in [0.25, 0.3) is 0 Å². The van der Waals surface area contributed by atoms with Gasteiger partial charge >= 0.3 is 5.97 Å². The van der Waals surface area contributed by atoms with Crippen LogP contribution in [-0.2, 0) is 20.8 Å². The Bertz CT molecular complexity index is 907. The second-order valence-electron chi connectivity index (χ2n) is 7.91. The first-order valence-electron chi connectivity index (χ1n) is 11.4. The van der Waals surface area contributed by atoms with E-state index in [9.17, 15) is 19.5 Å². The van der Waals surface area contributed by atoms with Crippen LogP contribution < -0.4 is 20.9 Å². The van der Waals surface area contributed by atoms with E-state index in [0.29, 0.717) is 43.7 Å². The number of nitrogens with one attached hydrogen (secondary N) is 3. The number of hydroxylamine groups is 1. The summed E-state index contributed by atoms with van der Waals surface area (Å²) in [6, 6.07) is 15.8. The smallest absolute Gasteiger partial charge is 0.321 e. The largest absolute Gasteiger partial charge is 0.492 e. The van der Waals surface area contributed by atoms with Gasteiger partial charge in [0.2, 0.25) is 11.8 Å². The van der Waals surface area contributed by atoms with E-state index >= 15 is 0 Å². The molecule has 9 heteroatoms. The predicted octanol–water partition coefficient (Wildman–Crippen LogP) is 3.14. The molecule has 0 aliphatic heterocycles. The van der Waals surface area contributed by atoms with E-state index in [4.69, 9.17) is 9.94 Å². The third-order valence-corrected chi connectivity index (χ3v) is 5.14. The Balaban J connectivity index is 1.67. The van der Waals surface area contributed by atoms with Gasteiger partial charge in [-0.3, -0.25) is 19.6 Å². The molecule has 2 amide bonds. The SMILES string of the molecule is O=C(CCCCCCC(=O)Nc1cccc(OCCN[C@@H](Cc2ccccc2)C(=O)O)c1)NO. The summed E-state index contributed by atoms with van der Waals surface area (Å²) >= 11 is 0. The van der Waals surface area contributed by atoms with Crippen LogP contribution in [-0.4, -0.2) is 47.3 Å². The van der Waals surface area contributed by atoms with Gasteiger partial charge < -0.3 is 20.5 Å². The van der Waals surface area contributed by atoms with E-state index in [1.165, 1.54) is 0 Å². The summed E-state index contributed by atoms with van der Waals surface area (Å²) in [5.74, 6) is -0.831. The third kappa shape index (κ3) is 10.9. The summed E-state index contributed by atoms with van der Waals surface area (Å²) < 4.78 is 5.71. The average Bonchev–Trinajstić information content (AvgIpc) is 2.83. The number of anilines is 1. The number of rotatable bonds is 16. The van der Waals surface area contributed by atoms with Crippen molar-refractivity contribution in [2.24, 2.45) is 0 Å². The lowest BCUT2D eigenvalue weighted by Crippen LogP contribution is -2.40. The second-order valence-corrected chi connectivity index (χ2v) is 7.91. The number of aliphatic carboxylic acids is 1. The Kier molecular flexibility index (Phi) is 12.2. The molecule has 0 saturated heterocycles. The average molecular weight is 472 g/mol. The minimum absolute atomic E-state index is 0.0999. The molecule has 184 valence electrons. The number of hydrogen-bond acceptors (Lipinski definition) is 6. The number of carbonyl (C=O) groups is 3. The van der Waals surface area contributed by atoms with Gasteiger partial charge in [0.05, 0.1) is 0 Å². The molecule has 0 fully saturated rings. The van der Waals surface area contributed by atoms with Gasteiger partial charge in [-0.15, -0.1) is 0 Å². The topological polar surface area (TPSA) is 137 Å². The van der Waals surface area contributed by atoms with Gasteiger partial charge in [0, 0.05) is 31.1 Å². The summed E-state index contributed by atoms with van der Waals surface area (Å²) in [6.07, 6.45) is 4.05. The van der Waals surface area contributed by atoms with Crippen molar-refractivity contribution in [2.75, 3.05) is 18.5 Å². The highest BCUT2D eigenvalue weighted by atomic mass is 16.5. The molecular formula is C25H33N3O6. The van der Waals surface area contributed by atoms with Crippen molar-refractivity contribution in [1.82, 2.24) is 10.8 Å². The lowest BCUT2D eigenvalue weighted by Gasteiger charge is -2.15. The first kappa shape index (κ1) is 26.8. The van der Waals surface area contributed by atoms with E-state index in [1.807, 2.05) is 30.3 Å². The van der Waals surface area contributed by atoms with Crippen molar-refractivity contribution >= 4 is 23.5 Å². The number of unbranched alkanes of at least 4 members (excludes halogenated alkanes) is 3. The van der Waals surface area contributed by atoms with E-state index in [-0.39, 0.29) is 18.9 Å². The minimum atomic E-state index is -0.913. The summed E-state index contributed by atoms with van der Waals surface area (Å²) in [6.45, 7) is 0.643. The van der Waals surface area contributed by atoms with E-state index < -0.39 is 17.9 Å². The predicted molar refractivity (Wildman–Crippen MR) is 128 cm³/mol. The maximum Gasteiger partial charge on any atom is 0.321 e. The van der Waals surface area contributed by atoms with Gasteiger partial charge in [0.15, 0.2) is 0 Å². The molecule has 0 aliphatic rings. The summed E-state index contributed by atoms with van der Waals surface area (Å²) in [5.41, 5.74) is 3.17. The fourth-order valence-corrected chi connectivity index (χ4v) is 3.37. The van der Waals surface area contributed by atoms with Gasteiger partial charge in [-0.25, -0.2) is 5.48 Å². The number of carbonyl (C=O) groups excluding carboxylic acids is 2. The van der Waals surface area contributed by atoms with Gasteiger partial charge in [0.25, 0.3) is 0 Å². The lowest BCUT2D eigenvalue weighted by molar-refractivity contribution is -0.139. The molecule has 9 nitrogen and oxygen atoms in total. The zero-order valence-electron chi connectivity index (χ0n) is 19.2. The molecule has 2 aromatic carbocycles. The zero-order chi connectivity index (χ0) is 24.6. The molecule has 0 aliphatic carbocycles.